The molecule has 0 unspecified atom stereocenters. The zero-order valence-corrected chi connectivity index (χ0v) is 16.8. The molecule has 2 heterocycles. The number of nitrogens with one attached hydrogen (secondary N) is 2. The number of rotatable bonds is 7. The van der Waals surface area contributed by atoms with Crippen LogP contribution in [0.3, 0.4) is 0 Å². The van der Waals surface area contributed by atoms with Crippen molar-refractivity contribution >= 4 is 11.9 Å². The maximum atomic E-state index is 12.5. The highest BCUT2D eigenvalue weighted by Crippen LogP contribution is 2.25. The minimum atomic E-state index is -1.25. The number of aromatic amines is 1. The Hall–Kier alpha value is -4.21. The van der Waals surface area contributed by atoms with Crippen molar-refractivity contribution < 1.29 is 19.4 Å². The number of pyridine rings is 1. The third kappa shape index (κ3) is 4.69. The van der Waals surface area contributed by atoms with Gasteiger partial charge in [0.2, 0.25) is 0 Å². The van der Waals surface area contributed by atoms with Gasteiger partial charge in [-0.05, 0) is 23.3 Å². The fraction of sp³-hybridized carbons (Fsp3) is 0.190. The van der Waals surface area contributed by atoms with E-state index in [0.717, 1.165) is 0 Å². The lowest BCUT2D eigenvalue weighted by atomic mass is 10.0. The van der Waals surface area contributed by atoms with E-state index >= 15 is 0 Å². The number of carboxylic acid groups (broad SMARTS) is 1. The number of benzene rings is 1. The van der Waals surface area contributed by atoms with Gasteiger partial charge in [-0.2, -0.15) is 5.10 Å². The highest BCUT2D eigenvalue weighted by atomic mass is 16.5. The zero-order chi connectivity index (χ0) is 22.5. The van der Waals surface area contributed by atoms with Gasteiger partial charge in [0.15, 0.2) is 5.75 Å². The molecule has 10 heteroatoms. The van der Waals surface area contributed by atoms with Crippen LogP contribution in [0.5, 0.6) is 5.75 Å². The van der Waals surface area contributed by atoms with Crippen LogP contribution in [0.1, 0.15) is 15.9 Å². The molecule has 0 aliphatic heterocycles. The summed E-state index contributed by atoms with van der Waals surface area (Å²) in [6.07, 6.45) is 2.80. The zero-order valence-electron chi connectivity index (χ0n) is 16.8. The van der Waals surface area contributed by atoms with Gasteiger partial charge in [-0.25, -0.2) is 9.48 Å². The fourth-order valence-electron chi connectivity index (χ4n) is 3.02. The van der Waals surface area contributed by atoms with Crippen molar-refractivity contribution in [2.24, 2.45) is 7.05 Å². The number of aliphatic carboxylic acids is 1. The van der Waals surface area contributed by atoms with Crippen LogP contribution in [-0.2, 0) is 18.3 Å². The number of nitrogens with zero attached hydrogens (tertiary/aromatic N) is 2. The second kappa shape index (κ2) is 9.08. The predicted molar refractivity (Wildman–Crippen MR) is 111 cm³/mol. The maximum Gasteiger partial charge on any atom is 0.326 e. The van der Waals surface area contributed by atoms with Gasteiger partial charge in [-0.3, -0.25) is 14.4 Å². The molecule has 1 atom stereocenters. The molecule has 160 valence electrons. The molecule has 1 amide bonds. The third-order valence-electron chi connectivity index (χ3n) is 4.67. The quantitative estimate of drug-likeness (QED) is 0.503. The highest BCUT2D eigenvalue weighted by molar-refractivity contribution is 5.96. The first kappa shape index (κ1) is 21.5. The van der Waals surface area contributed by atoms with E-state index in [1.807, 2.05) is 0 Å². The average molecular weight is 424 g/mol. The van der Waals surface area contributed by atoms with Crippen molar-refractivity contribution in [2.45, 2.75) is 12.5 Å². The maximum absolute atomic E-state index is 12.5. The molecular formula is C21H20N4O6. The number of carbonyl (C=O) groups is 2. The number of amides is 1. The Kier molecular flexibility index (Phi) is 6.29. The molecule has 0 aliphatic carbocycles. The molecule has 31 heavy (non-hydrogen) atoms. The molecule has 3 rings (SSSR count). The van der Waals surface area contributed by atoms with Crippen LogP contribution in [0.4, 0.5) is 0 Å². The highest BCUT2D eigenvalue weighted by Gasteiger charge is 2.22. The summed E-state index contributed by atoms with van der Waals surface area (Å²) in [5.41, 5.74) is 0.401. The van der Waals surface area contributed by atoms with Crippen molar-refractivity contribution in [1.82, 2.24) is 20.1 Å². The first-order valence-electron chi connectivity index (χ1n) is 9.22. The van der Waals surface area contributed by atoms with Gasteiger partial charge >= 0.3 is 5.97 Å². The van der Waals surface area contributed by atoms with Crippen LogP contribution in [0.25, 0.3) is 11.1 Å². The van der Waals surface area contributed by atoms with E-state index < -0.39 is 23.5 Å². The molecule has 0 bridgehead atoms. The molecule has 0 aliphatic rings. The molecule has 0 spiro atoms. The molecule has 2 aromatic heterocycles. The van der Waals surface area contributed by atoms with Gasteiger partial charge in [0.25, 0.3) is 17.0 Å². The second-order valence-electron chi connectivity index (χ2n) is 6.69. The van der Waals surface area contributed by atoms with Crippen LogP contribution in [0, 0.1) is 0 Å². The number of H-pyrrole nitrogens is 1. The Labute approximate surface area is 176 Å². The summed E-state index contributed by atoms with van der Waals surface area (Å²) in [6, 6.07) is 8.18. The summed E-state index contributed by atoms with van der Waals surface area (Å²) >= 11 is 0. The van der Waals surface area contributed by atoms with Gasteiger partial charge in [0.1, 0.15) is 11.6 Å². The van der Waals surface area contributed by atoms with E-state index in [1.54, 1.807) is 24.3 Å². The lowest BCUT2D eigenvalue weighted by Crippen LogP contribution is -2.43. The Bertz CT molecular complexity index is 1230. The predicted octanol–water partition coefficient (Wildman–Crippen LogP) is 0.570. The Morgan fingerprint density at radius 1 is 1.23 bits per heavy atom. The molecule has 3 N–H and O–H groups in total. The summed E-state index contributed by atoms with van der Waals surface area (Å²) in [5, 5.41) is 15.8. The van der Waals surface area contributed by atoms with Gasteiger partial charge in [-0.1, -0.05) is 24.3 Å². The summed E-state index contributed by atoms with van der Waals surface area (Å²) in [6.45, 7) is 0. The van der Waals surface area contributed by atoms with Crippen LogP contribution in [0.2, 0.25) is 0 Å². The monoisotopic (exact) mass is 424 g/mol. The van der Waals surface area contributed by atoms with Crippen molar-refractivity contribution in [3.05, 3.63) is 80.6 Å². The number of aromatic nitrogens is 3. The van der Waals surface area contributed by atoms with Crippen LogP contribution in [0.15, 0.2) is 58.4 Å². The summed E-state index contributed by atoms with van der Waals surface area (Å²) in [7, 11) is 2.96. The topological polar surface area (TPSA) is 143 Å². The van der Waals surface area contributed by atoms with E-state index in [2.05, 4.69) is 15.4 Å². The Morgan fingerprint density at radius 3 is 2.55 bits per heavy atom. The minimum Gasteiger partial charge on any atom is -0.494 e. The van der Waals surface area contributed by atoms with Gasteiger partial charge in [-0.15, -0.1) is 0 Å². The number of ether oxygens (including phenoxy) is 1. The molecule has 0 saturated heterocycles. The van der Waals surface area contributed by atoms with Crippen molar-refractivity contribution in [3.63, 3.8) is 0 Å². The van der Waals surface area contributed by atoms with E-state index in [-0.39, 0.29) is 17.5 Å². The number of methoxy groups -OCH3 is 1. The summed E-state index contributed by atoms with van der Waals surface area (Å²) in [4.78, 5) is 50.5. The first-order valence-corrected chi connectivity index (χ1v) is 9.22. The van der Waals surface area contributed by atoms with Crippen LogP contribution >= 0.6 is 0 Å². The van der Waals surface area contributed by atoms with Crippen molar-refractivity contribution in [3.8, 4) is 16.9 Å². The number of hydrogen-bond acceptors (Lipinski definition) is 6. The average Bonchev–Trinajstić information content (AvgIpc) is 2.76. The van der Waals surface area contributed by atoms with Gasteiger partial charge in [0, 0.05) is 19.7 Å². The van der Waals surface area contributed by atoms with E-state index in [0.29, 0.717) is 22.4 Å². The molecule has 0 radical (unpaired) electrons. The molecule has 10 nitrogen and oxygen atoms in total. The first-order chi connectivity index (χ1) is 14.8. The Balaban J connectivity index is 1.82. The van der Waals surface area contributed by atoms with Crippen molar-refractivity contribution in [1.29, 1.82) is 0 Å². The summed E-state index contributed by atoms with van der Waals surface area (Å²) in [5.74, 6) is -1.70. The largest absolute Gasteiger partial charge is 0.494 e. The smallest absolute Gasteiger partial charge is 0.326 e. The number of carbonyl (C=O) groups excluding carboxylic acids is 1. The van der Waals surface area contributed by atoms with Gasteiger partial charge < -0.3 is 20.1 Å². The Morgan fingerprint density at radius 2 is 1.94 bits per heavy atom. The third-order valence-corrected chi connectivity index (χ3v) is 4.67. The lowest BCUT2D eigenvalue weighted by molar-refractivity contribution is -0.139. The van der Waals surface area contributed by atoms with Crippen LogP contribution < -0.4 is 21.2 Å². The molecule has 0 fully saturated rings. The SMILES string of the molecule is COc1cnn(C)c(=O)c1-c1ccc(C[C@H](NC(=O)c2ccc[nH]c2=O)C(=O)O)cc1. The van der Waals surface area contributed by atoms with E-state index in [1.165, 1.54) is 43.4 Å². The second-order valence-corrected chi connectivity index (χ2v) is 6.69. The standard InChI is InChI=1S/C21H20N4O6/c1-25-20(28)17(16(31-2)11-23-25)13-7-5-12(6-8-13)10-15(21(29)30)24-19(27)14-4-3-9-22-18(14)26/h3-9,11,15H,10H2,1-2H3,(H,22,26)(H,24,27)(H,29,30)/t15-/m0/s1. The minimum absolute atomic E-state index is 0.0163. The summed E-state index contributed by atoms with van der Waals surface area (Å²) < 4.78 is 6.42. The van der Waals surface area contributed by atoms with E-state index in [4.69, 9.17) is 4.74 Å². The number of hydrogen-bond donors (Lipinski definition) is 3. The van der Waals surface area contributed by atoms with E-state index in [9.17, 15) is 24.3 Å². The number of aryl methyl sites for hydroxylation is 1. The molecule has 1 aromatic carbocycles. The number of carboxylic acids is 1. The molecule has 0 saturated carbocycles. The molecular weight excluding hydrogens is 404 g/mol. The van der Waals surface area contributed by atoms with Gasteiger partial charge in [0.05, 0.1) is 18.9 Å². The van der Waals surface area contributed by atoms with Crippen LogP contribution in [-0.4, -0.2) is 44.9 Å². The normalized spacial score (nSPS) is 11.5. The lowest BCUT2D eigenvalue weighted by Gasteiger charge is -2.15. The molecule has 3 aromatic rings. The van der Waals surface area contributed by atoms with Crippen molar-refractivity contribution in [2.75, 3.05) is 7.11 Å². The fourth-order valence-corrected chi connectivity index (χ4v) is 3.02.